The minimum atomic E-state index is -0.226. The van der Waals surface area contributed by atoms with E-state index in [4.69, 9.17) is 5.73 Å². The number of aromatic nitrogens is 4. The molecule has 0 amide bonds. The number of benzene rings is 1. The molecule has 0 aliphatic rings. The van der Waals surface area contributed by atoms with Gasteiger partial charge in [-0.2, -0.15) is 5.10 Å². The number of hydrogen-bond donors (Lipinski definition) is 3. The molecule has 0 fully saturated rings. The van der Waals surface area contributed by atoms with Crippen molar-refractivity contribution in [1.82, 2.24) is 20.2 Å². The summed E-state index contributed by atoms with van der Waals surface area (Å²) >= 11 is 0. The number of carbonyl (C=O) groups is 1. The van der Waals surface area contributed by atoms with Crippen LogP contribution in [-0.2, 0) is 0 Å². The lowest BCUT2D eigenvalue weighted by Crippen LogP contribution is -2.10. The van der Waals surface area contributed by atoms with E-state index in [1.54, 1.807) is 6.08 Å². The van der Waals surface area contributed by atoms with Gasteiger partial charge in [0, 0.05) is 18.7 Å². The van der Waals surface area contributed by atoms with Gasteiger partial charge in [-0.1, -0.05) is 36.4 Å². The summed E-state index contributed by atoms with van der Waals surface area (Å²) in [6, 6.07) is 11.6. The lowest BCUT2D eigenvalue weighted by Gasteiger charge is -2.09. The van der Waals surface area contributed by atoms with Crippen LogP contribution in [0.25, 0.3) is 12.2 Å². The van der Waals surface area contributed by atoms with Crippen LogP contribution in [0.5, 0.6) is 0 Å². The van der Waals surface area contributed by atoms with Crippen LogP contribution in [0.1, 0.15) is 34.5 Å². The molecule has 1 aromatic carbocycles. The van der Waals surface area contributed by atoms with Gasteiger partial charge in [0.15, 0.2) is 23.2 Å². The van der Waals surface area contributed by atoms with Crippen LogP contribution >= 0.6 is 0 Å². The maximum absolute atomic E-state index is 11.9. The fourth-order valence-corrected chi connectivity index (χ4v) is 2.26. The van der Waals surface area contributed by atoms with E-state index in [0.717, 1.165) is 11.3 Å². The number of nitrogen functional groups attached to an aromatic ring is 1. The Labute approximate surface area is 145 Å². The van der Waals surface area contributed by atoms with Crippen LogP contribution in [0.3, 0.4) is 0 Å². The quantitative estimate of drug-likeness (QED) is 0.618. The number of anilines is 3. The predicted molar refractivity (Wildman–Crippen MR) is 98.4 cm³/mol. The average Bonchev–Trinajstić information content (AvgIpc) is 3.01. The number of nitrogens with one attached hydrogen (secondary N) is 2. The van der Waals surface area contributed by atoms with Gasteiger partial charge in [-0.3, -0.25) is 9.89 Å². The zero-order valence-corrected chi connectivity index (χ0v) is 13.9. The van der Waals surface area contributed by atoms with Crippen LogP contribution in [0.4, 0.5) is 17.3 Å². The zero-order valence-electron chi connectivity index (χ0n) is 13.9. The molecule has 0 saturated heterocycles. The number of hydrogen-bond acceptors (Lipinski definition) is 6. The monoisotopic (exact) mass is 334 g/mol. The molecule has 4 N–H and O–H groups in total. The number of H-pyrrole nitrogens is 1. The first-order valence-corrected chi connectivity index (χ1v) is 7.73. The molecule has 0 radical (unpaired) electrons. The highest BCUT2D eigenvalue weighted by Gasteiger charge is 2.15. The highest BCUT2D eigenvalue weighted by Crippen LogP contribution is 2.24. The number of carbonyl (C=O) groups excluding carboxylic acids is 1. The zero-order chi connectivity index (χ0) is 17.8. The lowest BCUT2D eigenvalue weighted by molar-refractivity contribution is 0.101. The van der Waals surface area contributed by atoms with E-state index in [9.17, 15) is 4.79 Å². The van der Waals surface area contributed by atoms with Crippen molar-refractivity contribution in [2.24, 2.45) is 0 Å². The molecular weight excluding hydrogens is 316 g/mol. The molecule has 0 spiro atoms. The van der Waals surface area contributed by atoms with Gasteiger partial charge in [0.05, 0.1) is 0 Å². The smallest absolute Gasteiger partial charge is 0.180 e. The van der Waals surface area contributed by atoms with E-state index in [1.165, 1.54) is 6.92 Å². The molecule has 0 aliphatic heterocycles. The van der Waals surface area contributed by atoms with Gasteiger partial charge in [0.2, 0.25) is 0 Å². The molecule has 0 aliphatic carbocycles. The molecule has 3 rings (SSSR count). The molecule has 7 nitrogen and oxygen atoms in total. The highest BCUT2D eigenvalue weighted by molar-refractivity contribution is 5.99. The third-order valence-electron chi connectivity index (χ3n) is 3.47. The van der Waals surface area contributed by atoms with Gasteiger partial charge in [-0.05, 0) is 18.6 Å². The highest BCUT2D eigenvalue weighted by atomic mass is 16.1. The average molecular weight is 334 g/mol. The van der Waals surface area contributed by atoms with Crippen LogP contribution in [-0.4, -0.2) is 25.9 Å². The van der Waals surface area contributed by atoms with Crippen molar-refractivity contribution in [1.29, 1.82) is 0 Å². The Balaban J connectivity index is 1.98. The molecule has 2 heterocycles. The molecule has 0 unspecified atom stereocenters. The molecule has 3 aromatic rings. The second kappa shape index (κ2) is 6.96. The van der Waals surface area contributed by atoms with Crippen molar-refractivity contribution in [3.8, 4) is 0 Å². The number of aromatic amines is 1. The first-order chi connectivity index (χ1) is 12.0. The van der Waals surface area contributed by atoms with Crippen molar-refractivity contribution in [2.75, 3.05) is 11.1 Å². The number of aryl methyl sites for hydroxylation is 1. The standard InChI is InChI=1S/C18H18N6O/c1-11-10-15(24-23-11)22-18-16(19)17(12(2)25)20-14(21-18)9-8-13-6-4-3-5-7-13/h3-10H,19H2,1-2H3,(H2,20,21,22,23,24)/b9-8+. The van der Waals surface area contributed by atoms with Crippen molar-refractivity contribution < 1.29 is 4.79 Å². The molecule has 0 saturated carbocycles. The Morgan fingerprint density at radius 1 is 1.20 bits per heavy atom. The number of Topliss-reactive ketones (excluding diaryl/α,β-unsaturated/α-hetero) is 1. The van der Waals surface area contributed by atoms with E-state index in [2.05, 4.69) is 25.5 Å². The van der Waals surface area contributed by atoms with E-state index in [0.29, 0.717) is 17.5 Å². The minimum Gasteiger partial charge on any atom is -0.394 e. The Kier molecular flexibility index (Phi) is 4.56. The summed E-state index contributed by atoms with van der Waals surface area (Å²) in [5.74, 6) is 1.07. The lowest BCUT2D eigenvalue weighted by atomic mass is 10.2. The third kappa shape index (κ3) is 3.89. The number of rotatable bonds is 5. The second-order valence-corrected chi connectivity index (χ2v) is 5.55. The summed E-state index contributed by atoms with van der Waals surface area (Å²) in [7, 11) is 0. The summed E-state index contributed by atoms with van der Waals surface area (Å²) < 4.78 is 0. The fraction of sp³-hybridized carbons (Fsp3) is 0.111. The second-order valence-electron chi connectivity index (χ2n) is 5.55. The third-order valence-corrected chi connectivity index (χ3v) is 3.47. The Morgan fingerprint density at radius 3 is 2.60 bits per heavy atom. The van der Waals surface area contributed by atoms with Gasteiger partial charge < -0.3 is 11.1 Å². The number of ketones is 1. The van der Waals surface area contributed by atoms with Gasteiger partial charge >= 0.3 is 0 Å². The molecule has 7 heteroatoms. The molecule has 126 valence electrons. The minimum absolute atomic E-state index is 0.178. The summed E-state index contributed by atoms with van der Waals surface area (Å²) in [5, 5.41) is 9.95. The molecule has 2 aromatic heterocycles. The van der Waals surface area contributed by atoms with E-state index in [1.807, 2.05) is 49.4 Å². The van der Waals surface area contributed by atoms with Crippen LogP contribution < -0.4 is 11.1 Å². The van der Waals surface area contributed by atoms with Gasteiger partial charge in [-0.25, -0.2) is 9.97 Å². The van der Waals surface area contributed by atoms with Crippen LogP contribution in [0, 0.1) is 6.92 Å². The summed E-state index contributed by atoms with van der Waals surface area (Å²) in [4.78, 5) is 20.5. The number of nitrogens with zero attached hydrogens (tertiary/aromatic N) is 3. The summed E-state index contributed by atoms with van der Waals surface area (Å²) in [5.41, 5.74) is 8.32. The van der Waals surface area contributed by atoms with Gasteiger partial charge in [-0.15, -0.1) is 0 Å². The Morgan fingerprint density at radius 2 is 1.96 bits per heavy atom. The summed E-state index contributed by atoms with van der Waals surface area (Å²) in [6.07, 6.45) is 3.61. The largest absolute Gasteiger partial charge is 0.394 e. The molecule has 0 atom stereocenters. The molecule has 25 heavy (non-hydrogen) atoms. The first-order valence-electron chi connectivity index (χ1n) is 7.73. The Hall–Kier alpha value is -3.48. The van der Waals surface area contributed by atoms with Crippen molar-refractivity contribution >= 4 is 35.3 Å². The molecular formula is C18H18N6O. The topological polar surface area (TPSA) is 110 Å². The van der Waals surface area contributed by atoms with Crippen molar-refractivity contribution in [3.63, 3.8) is 0 Å². The predicted octanol–water partition coefficient (Wildman–Crippen LogP) is 3.21. The van der Waals surface area contributed by atoms with Crippen molar-refractivity contribution in [2.45, 2.75) is 13.8 Å². The first kappa shape index (κ1) is 16.4. The SMILES string of the molecule is CC(=O)c1nc(/C=C/c2ccccc2)nc(Nc2cc(C)[nH]n2)c1N. The van der Waals surface area contributed by atoms with Crippen LogP contribution in [0.15, 0.2) is 36.4 Å². The number of nitrogens with two attached hydrogens (primary N) is 1. The van der Waals surface area contributed by atoms with Crippen LogP contribution in [0.2, 0.25) is 0 Å². The van der Waals surface area contributed by atoms with E-state index in [-0.39, 0.29) is 17.2 Å². The Bertz CT molecular complexity index is 930. The summed E-state index contributed by atoms with van der Waals surface area (Å²) in [6.45, 7) is 3.31. The maximum atomic E-state index is 11.9. The normalized spacial score (nSPS) is 11.0. The van der Waals surface area contributed by atoms with Gasteiger partial charge in [0.1, 0.15) is 11.4 Å². The van der Waals surface area contributed by atoms with E-state index < -0.39 is 0 Å². The van der Waals surface area contributed by atoms with Crippen molar-refractivity contribution in [3.05, 3.63) is 59.2 Å². The van der Waals surface area contributed by atoms with Gasteiger partial charge in [0.25, 0.3) is 0 Å². The molecule has 0 bridgehead atoms. The fourth-order valence-electron chi connectivity index (χ4n) is 2.26. The van der Waals surface area contributed by atoms with E-state index >= 15 is 0 Å². The maximum Gasteiger partial charge on any atom is 0.180 e.